The largest absolute Gasteiger partial charge is 0.494 e. The highest BCUT2D eigenvalue weighted by molar-refractivity contribution is 8.18. The van der Waals surface area contributed by atoms with Gasteiger partial charge in [-0.25, -0.2) is 0 Å². The molecule has 0 N–H and O–H groups in total. The van der Waals surface area contributed by atoms with Gasteiger partial charge in [0.05, 0.1) is 24.7 Å². The van der Waals surface area contributed by atoms with Crippen LogP contribution in [0.4, 0.5) is 4.79 Å². The molecule has 3 aromatic rings. The van der Waals surface area contributed by atoms with Crippen molar-refractivity contribution in [2.45, 2.75) is 20.4 Å². The van der Waals surface area contributed by atoms with Gasteiger partial charge in [0.25, 0.3) is 11.1 Å². The number of fused-ring (bicyclic) bond motifs is 1. The Balaban J connectivity index is 1.73. The normalized spacial score (nSPS) is 15.1. The van der Waals surface area contributed by atoms with E-state index in [0.717, 1.165) is 39.4 Å². The highest BCUT2D eigenvalue weighted by Gasteiger charge is 2.35. The third kappa shape index (κ3) is 4.61. The number of ether oxygens (including phenoxy) is 2. The van der Waals surface area contributed by atoms with Crippen molar-refractivity contribution in [1.29, 1.82) is 0 Å². The minimum absolute atomic E-state index is 0.196. The number of halogens is 1. The number of nitrogens with zero attached hydrogens (tertiary/aromatic N) is 1. The summed E-state index contributed by atoms with van der Waals surface area (Å²) in [5.74, 6) is 1.06. The molecule has 1 saturated heterocycles. The zero-order valence-electron chi connectivity index (χ0n) is 17.8. The number of thioether (sulfide) groups is 1. The van der Waals surface area contributed by atoms with Crippen LogP contribution in [0.5, 0.6) is 11.5 Å². The van der Waals surface area contributed by atoms with Gasteiger partial charge in [-0.05, 0) is 78.4 Å². The van der Waals surface area contributed by atoms with Crippen LogP contribution >= 0.6 is 23.4 Å². The van der Waals surface area contributed by atoms with E-state index in [0.29, 0.717) is 28.9 Å². The quantitative estimate of drug-likeness (QED) is 0.370. The Labute approximate surface area is 195 Å². The molecule has 1 heterocycles. The van der Waals surface area contributed by atoms with Crippen LogP contribution in [0, 0.1) is 0 Å². The van der Waals surface area contributed by atoms with Gasteiger partial charge in [0.2, 0.25) is 0 Å². The fraction of sp³-hybridized carbons (Fsp3) is 0.200. The summed E-state index contributed by atoms with van der Waals surface area (Å²) in [5.41, 5.74) is 1.59. The maximum atomic E-state index is 13.1. The van der Waals surface area contributed by atoms with E-state index in [-0.39, 0.29) is 17.7 Å². The smallest absolute Gasteiger partial charge is 0.293 e. The number of imide groups is 1. The van der Waals surface area contributed by atoms with Crippen LogP contribution in [0.1, 0.15) is 25.0 Å². The fourth-order valence-electron chi connectivity index (χ4n) is 3.53. The molecule has 2 amide bonds. The second-order valence-corrected chi connectivity index (χ2v) is 8.55. The van der Waals surface area contributed by atoms with Crippen molar-refractivity contribution in [2.75, 3.05) is 13.2 Å². The zero-order valence-corrected chi connectivity index (χ0v) is 19.3. The third-order valence-corrected chi connectivity index (χ3v) is 6.17. The first-order valence-electron chi connectivity index (χ1n) is 10.3. The summed E-state index contributed by atoms with van der Waals surface area (Å²) < 4.78 is 11.5. The van der Waals surface area contributed by atoms with Crippen molar-refractivity contribution >= 4 is 51.4 Å². The van der Waals surface area contributed by atoms with Crippen LogP contribution in [0.3, 0.4) is 0 Å². The van der Waals surface area contributed by atoms with Gasteiger partial charge in [-0.1, -0.05) is 35.9 Å². The first-order valence-corrected chi connectivity index (χ1v) is 11.5. The van der Waals surface area contributed by atoms with Crippen LogP contribution in [0.25, 0.3) is 16.8 Å². The van der Waals surface area contributed by atoms with Gasteiger partial charge in [0.15, 0.2) is 0 Å². The molecule has 0 aromatic heterocycles. The second kappa shape index (κ2) is 9.67. The lowest BCUT2D eigenvalue weighted by Gasteiger charge is -2.13. The van der Waals surface area contributed by atoms with Crippen molar-refractivity contribution in [1.82, 2.24) is 4.90 Å². The molecule has 1 fully saturated rings. The standard InChI is InChI=1S/C25H22ClNO4S/c1-3-30-19-11-7-17-8-12-22(31-4-2)21(20(17)13-19)14-23-24(28)27(25(29)32-23)15-16-5-9-18(26)10-6-16/h5-14H,3-4,15H2,1-2H3/b23-14-. The summed E-state index contributed by atoms with van der Waals surface area (Å²) in [7, 11) is 0. The molecule has 32 heavy (non-hydrogen) atoms. The summed E-state index contributed by atoms with van der Waals surface area (Å²) in [6.07, 6.45) is 1.75. The number of carbonyl (C=O) groups excluding carboxylic acids is 2. The fourth-order valence-corrected chi connectivity index (χ4v) is 4.47. The van der Waals surface area contributed by atoms with Crippen LogP contribution < -0.4 is 9.47 Å². The van der Waals surface area contributed by atoms with Crippen molar-refractivity contribution in [2.24, 2.45) is 0 Å². The Morgan fingerprint density at radius 3 is 2.41 bits per heavy atom. The molecular formula is C25H22ClNO4S. The highest BCUT2D eigenvalue weighted by atomic mass is 35.5. The van der Waals surface area contributed by atoms with E-state index in [2.05, 4.69) is 0 Å². The number of benzene rings is 3. The van der Waals surface area contributed by atoms with Crippen molar-refractivity contribution in [3.8, 4) is 11.5 Å². The number of hydrogen-bond acceptors (Lipinski definition) is 5. The number of carbonyl (C=O) groups is 2. The maximum Gasteiger partial charge on any atom is 0.293 e. The van der Waals surface area contributed by atoms with Crippen molar-refractivity contribution in [3.05, 3.63) is 75.7 Å². The Bertz CT molecular complexity index is 1200. The number of rotatable bonds is 7. The molecule has 0 bridgehead atoms. The Morgan fingerprint density at radius 2 is 1.69 bits per heavy atom. The van der Waals surface area contributed by atoms with E-state index in [9.17, 15) is 9.59 Å². The summed E-state index contributed by atoms with van der Waals surface area (Å²) >= 11 is 6.87. The van der Waals surface area contributed by atoms with E-state index >= 15 is 0 Å². The third-order valence-electron chi connectivity index (χ3n) is 5.01. The van der Waals surface area contributed by atoms with E-state index in [1.165, 1.54) is 4.90 Å². The zero-order chi connectivity index (χ0) is 22.7. The molecule has 5 nitrogen and oxygen atoms in total. The van der Waals surface area contributed by atoms with E-state index < -0.39 is 0 Å². The van der Waals surface area contributed by atoms with Crippen molar-refractivity contribution in [3.63, 3.8) is 0 Å². The van der Waals surface area contributed by atoms with Gasteiger partial charge in [-0.3, -0.25) is 14.5 Å². The van der Waals surface area contributed by atoms with Gasteiger partial charge in [-0.15, -0.1) is 0 Å². The van der Waals surface area contributed by atoms with Gasteiger partial charge in [0.1, 0.15) is 11.5 Å². The van der Waals surface area contributed by atoms with Crippen LogP contribution in [-0.2, 0) is 11.3 Å². The van der Waals surface area contributed by atoms with E-state index in [4.69, 9.17) is 21.1 Å². The summed E-state index contributed by atoms with van der Waals surface area (Å²) in [6.45, 7) is 5.07. The summed E-state index contributed by atoms with van der Waals surface area (Å²) in [5, 5.41) is 2.19. The molecule has 1 aliphatic heterocycles. The first-order chi connectivity index (χ1) is 15.5. The van der Waals surface area contributed by atoms with Crippen LogP contribution in [0.2, 0.25) is 5.02 Å². The van der Waals surface area contributed by atoms with Gasteiger partial charge >= 0.3 is 0 Å². The lowest BCUT2D eigenvalue weighted by Crippen LogP contribution is -2.27. The molecular weight excluding hydrogens is 446 g/mol. The lowest BCUT2D eigenvalue weighted by molar-refractivity contribution is -0.123. The molecule has 0 atom stereocenters. The topological polar surface area (TPSA) is 55.8 Å². The second-order valence-electron chi connectivity index (χ2n) is 7.12. The summed E-state index contributed by atoms with van der Waals surface area (Å²) in [6, 6.07) is 16.8. The first kappa shape index (κ1) is 22.2. The van der Waals surface area contributed by atoms with E-state index in [1.807, 2.05) is 56.3 Å². The van der Waals surface area contributed by atoms with Crippen LogP contribution in [-0.4, -0.2) is 29.3 Å². The molecule has 0 saturated carbocycles. The molecule has 0 aliphatic carbocycles. The minimum atomic E-state index is -0.324. The SMILES string of the molecule is CCOc1ccc2ccc(OCC)c(/C=C3\SC(=O)N(Cc4ccc(Cl)cc4)C3=O)c2c1. The average Bonchev–Trinajstić information content (AvgIpc) is 3.04. The van der Waals surface area contributed by atoms with E-state index in [1.54, 1.807) is 18.2 Å². The van der Waals surface area contributed by atoms with Gasteiger partial charge < -0.3 is 9.47 Å². The number of hydrogen-bond donors (Lipinski definition) is 0. The van der Waals surface area contributed by atoms with Crippen LogP contribution in [0.15, 0.2) is 59.5 Å². The molecule has 0 unspecified atom stereocenters. The lowest BCUT2D eigenvalue weighted by atomic mass is 10.0. The summed E-state index contributed by atoms with van der Waals surface area (Å²) in [4.78, 5) is 27.3. The minimum Gasteiger partial charge on any atom is -0.494 e. The molecule has 164 valence electrons. The number of amides is 2. The molecule has 0 spiro atoms. The Hall–Kier alpha value is -2.96. The average molecular weight is 468 g/mol. The predicted molar refractivity (Wildman–Crippen MR) is 129 cm³/mol. The molecule has 3 aromatic carbocycles. The molecule has 0 radical (unpaired) electrons. The van der Waals surface area contributed by atoms with Gasteiger partial charge in [-0.2, -0.15) is 0 Å². The van der Waals surface area contributed by atoms with Gasteiger partial charge in [0, 0.05) is 10.6 Å². The molecule has 7 heteroatoms. The monoisotopic (exact) mass is 467 g/mol. The Kier molecular flexibility index (Phi) is 6.72. The Morgan fingerprint density at radius 1 is 0.969 bits per heavy atom. The highest BCUT2D eigenvalue weighted by Crippen LogP contribution is 2.38. The predicted octanol–water partition coefficient (Wildman–Crippen LogP) is 6.53. The van der Waals surface area contributed by atoms with Crippen molar-refractivity contribution < 1.29 is 19.1 Å². The molecule has 4 rings (SSSR count). The molecule has 1 aliphatic rings. The maximum absolute atomic E-state index is 13.1.